The van der Waals surface area contributed by atoms with Crippen LogP contribution in [0.15, 0.2) is 18.5 Å². The number of aromatic nitrogens is 4. The number of hydrogen-bond donors (Lipinski definition) is 0. The van der Waals surface area contributed by atoms with E-state index in [9.17, 15) is 4.79 Å². The largest absolute Gasteiger partial charge is 0.481 e. The summed E-state index contributed by atoms with van der Waals surface area (Å²) >= 11 is 0. The molecule has 2 saturated carbocycles. The molecule has 1 atom stereocenters. The van der Waals surface area contributed by atoms with Crippen LogP contribution in [0.4, 0.5) is 0 Å². The van der Waals surface area contributed by atoms with Gasteiger partial charge in [-0.05, 0) is 37.2 Å². The number of hydrogen-bond acceptors (Lipinski definition) is 6. The van der Waals surface area contributed by atoms with E-state index in [1.807, 2.05) is 11.2 Å². The number of rotatable bonds is 5. The van der Waals surface area contributed by atoms with Crippen molar-refractivity contribution in [2.75, 3.05) is 27.3 Å². The molecule has 0 radical (unpaired) electrons. The van der Waals surface area contributed by atoms with Gasteiger partial charge in [-0.3, -0.25) is 4.79 Å². The molecule has 8 heteroatoms. The molecule has 2 aliphatic carbocycles. The summed E-state index contributed by atoms with van der Waals surface area (Å²) in [5, 5.41) is 8.75. The van der Waals surface area contributed by atoms with Gasteiger partial charge in [-0.15, -0.1) is 10.2 Å². The minimum Gasteiger partial charge on any atom is -0.481 e. The summed E-state index contributed by atoms with van der Waals surface area (Å²) in [5.41, 5.74) is 0.577. The van der Waals surface area contributed by atoms with E-state index in [1.54, 1.807) is 19.2 Å². The molecule has 1 unspecified atom stereocenters. The van der Waals surface area contributed by atoms with Crippen molar-refractivity contribution >= 4 is 5.91 Å². The van der Waals surface area contributed by atoms with E-state index < -0.39 is 0 Å². The first-order valence-corrected chi connectivity index (χ1v) is 10.4. The molecule has 1 spiro atoms. The molecule has 2 aromatic rings. The lowest BCUT2D eigenvalue weighted by molar-refractivity contribution is 0.0769. The van der Waals surface area contributed by atoms with Crippen LogP contribution in [0.3, 0.4) is 0 Å². The number of ether oxygens (including phenoxy) is 2. The molecule has 8 nitrogen and oxygen atoms in total. The number of methoxy groups -OCH3 is 2. The third-order valence-corrected chi connectivity index (χ3v) is 6.85. The zero-order valence-electron chi connectivity index (χ0n) is 17.0. The Bertz CT molecular complexity index is 917. The molecule has 5 rings (SSSR count). The second-order valence-electron chi connectivity index (χ2n) is 8.55. The summed E-state index contributed by atoms with van der Waals surface area (Å²) in [5.74, 6) is 1.99. The van der Waals surface area contributed by atoms with E-state index in [-0.39, 0.29) is 17.2 Å². The van der Waals surface area contributed by atoms with Gasteiger partial charge in [0.25, 0.3) is 5.91 Å². The Morgan fingerprint density at radius 2 is 1.97 bits per heavy atom. The Morgan fingerprint density at radius 1 is 1.17 bits per heavy atom. The van der Waals surface area contributed by atoms with Gasteiger partial charge < -0.3 is 18.9 Å². The van der Waals surface area contributed by atoms with Crippen LogP contribution in [0.5, 0.6) is 11.8 Å². The predicted octanol–water partition coefficient (Wildman–Crippen LogP) is 2.83. The summed E-state index contributed by atoms with van der Waals surface area (Å²) in [6.45, 7) is 1.42. The van der Waals surface area contributed by atoms with Crippen molar-refractivity contribution in [1.29, 1.82) is 0 Å². The van der Waals surface area contributed by atoms with Gasteiger partial charge in [0.05, 0.1) is 14.2 Å². The first-order valence-electron chi connectivity index (χ1n) is 10.4. The zero-order valence-corrected chi connectivity index (χ0v) is 17.0. The summed E-state index contributed by atoms with van der Waals surface area (Å²) in [6.07, 6.45) is 8.96. The van der Waals surface area contributed by atoms with Crippen LogP contribution in [0, 0.1) is 5.41 Å². The van der Waals surface area contributed by atoms with Crippen molar-refractivity contribution in [3.63, 3.8) is 0 Å². The van der Waals surface area contributed by atoms with Crippen LogP contribution in [0.25, 0.3) is 0 Å². The lowest BCUT2D eigenvalue weighted by atomic mass is 9.76. The molecule has 2 aromatic heterocycles. The Hall–Kier alpha value is -2.64. The van der Waals surface area contributed by atoms with Crippen LogP contribution < -0.4 is 9.47 Å². The fraction of sp³-hybridized carbons (Fsp3) is 0.619. The molecule has 1 aliphatic heterocycles. The van der Waals surface area contributed by atoms with Gasteiger partial charge in [-0.1, -0.05) is 12.8 Å². The maximum atomic E-state index is 13.4. The summed E-state index contributed by atoms with van der Waals surface area (Å²) < 4.78 is 12.8. The highest BCUT2D eigenvalue weighted by molar-refractivity contribution is 5.96. The highest BCUT2D eigenvalue weighted by atomic mass is 16.5. The number of amides is 1. The van der Waals surface area contributed by atoms with Crippen LogP contribution >= 0.6 is 0 Å². The topological polar surface area (TPSA) is 82.4 Å². The number of likely N-dealkylation sites (tertiary alicyclic amines) is 1. The molecule has 3 heterocycles. The Morgan fingerprint density at radius 3 is 2.66 bits per heavy atom. The molecule has 1 saturated heterocycles. The fourth-order valence-electron chi connectivity index (χ4n) is 5.23. The van der Waals surface area contributed by atoms with Gasteiger partial charge in [0.2, 0.25) is 11.8 Å². The van der Waals surface area contributed by atoms with Crippen molar-refractivity contribution in [1.82, 2.24) is 24.6 Å². The lowest BCUT2D eigenvalue weighted by Crippen LogP contribution is -2.31. The van der Waals surface area contributed by atoms with Gasteiger partial charge >= 0.3 is 0 Å². The Balaban J connectivity index is 1.46. The third kappa shape index (κ3) is 3.05. The second kappa shape index (κ2) is 7.00. The monoisotopic (exact) mass is 397 g/mol. The van der Waals surface area contributed by atoms with Gasteiger partial charge in [0, 0.05) is 31.1 Å². The summed E-state index contributed by atoms with van der Waals surface area (Å²) in [4.78, 5) is 19.7. The molecule has 0 bridgehead atoms. The first kappa shape index (κ1) is 18.4. The summed E-state index contributed by atoms with van der Waals surface area (Å²) in [7, 11) is 3.08. The van der Waals surface area contributed by atoms with E-state index in [0.29, 0.717) is 29.9 Å². The number of pyridine rings is 1. The normalized spacial score (nSPS) is 23.0. The van der Waals surface area contributed by atoms with Crippen LogP contribution in [0.1, 0.15) is 66.7 Å². The average Bonchev–Trinajstić information content (AvgIpc) is 3.16. The maximum Gasteiger partial charge on any atom is 0.259 e. The third-order valence-electron chi connectivity index (χ3n) is 6.85. The molecule has 0 N–H and O–H groups in total. The molecular formula is C21H27N5O3. The molecule has 1 amide bonds. The highest BCUT2D eigenvalue weighted by Gasteiger charge is 2.52. The molecule has 154 valence electrons. The highest BCUT2D eigenvalue weighted by Crippen LogP contribution is 2.54. The molecule has 3 aliphatic rings. The van der Waals surface area contributed by atoms with E-state index in [0.717, 1.165) is 25.2 Å². The maximum absolute atomic E-state index is 13.4. The van der Waals surface area contributed by atoms with Crippen molar-refractivity contribution in [2.24, 2.45) is 5.41 Å². The van der Waals surface area contributed by atoms with Crippen LogP contribution in [0.2, 0.25) is 0 Å². The number of carbonyl (C=O) groups excluding carboxylic acids is 1. The van der Waals surface area contributed by atoms with Crippen molar-refractivity contribution < 1.29 is 14.3 Å². The SMILES string of the molecule is COc1ccc(C(=O)N2CC(c3nncn3C3CC3)C3(CCCC3)C2)c(OC)n1. The molecule has 29 heavy (non-hydrogen) atoms. The molecule has 3 fully saturated rings. The Labute approximate surface area is 170 Å². The zero-order chi connectivity index (χ0) is 20.0. The number of nitrogens with zero attached hydrogens (tertiary/aromatic N) is 5. The van der Waals surface area contributed by atoms with E-state index in [1.165, 1.54) is 32.8 Å². The van der Waals surface area contributed by atoms with Gasteiger partial charge in [0.15, 0.2) is 0 Å². The fourth-order valence-corrected chi connectivity index (χ4v) is 5.23. The first-order chi connectivity index (χ1) is 14.1. The minimum atomic E-state index is -0.0386. The summed E-state index contributed by atoms with van der Waals surface area (Å²) in [6, 6.07) is 3.99. The quantitative estimate of drug-likeness (QED) is 0.772. The molecular weight excluding hydrogens is 370 g/mol. The average molecular weight is 397 g/mol. The van der Waals surface area contributed by atoms with Crippen molar-refractivity contribution in [3.05, 3.63) is 29.8 Å². The van der Waals surface area contributed by atoms with Gasteiger partial charge in [0.1, 0.15) is 17.7 Å². The minimum absolute atomic E-state index is 0.0386. The van der Waals surface area contributed by atoms with Crippen LogP contribution in [-0.2, 0) is 0 Å². The van der Waals surface area contributed by atoms with Gasteiger partial charge in [-0.25, -0.2) is 0 Å². The predicted molar refractivity (Wildman–Crippen MR) is 105 cm³/mol. The lowest BCUT2D eigenvalue weighted by Gasteiger charge is -2.29. The second-order valence-corrected chi connectivity index (χ2v) is 8.55. The van der Waals surface area contributed by atoms with Gasteiger partial charge in [-0.2, -0.15) is 4.98 Å². The standard InChI is InChI=1S/C21H27N5O3/c1-28-17-8-7-15(19(23-17)29-2)20(27)25-11-16(21(12-25)9-3-4-10-21)18-24-22-13-26(18)14-5-6-14/h7-8,13-14,16H,3-6,9-12H2,1-2H3. The molecule has 0 aromatic carbocycles. The van der Waals surface area contributed by atoms with E-state index in [4.69, 9.17) is 9.47 Å². The van der Waals surface area contributed by atoms with Crippen molar-refractivity contribution in [3.8, 4) is 11.8 Å². The Kier molecular flexibility index (Phi) is 4.44. The van der Waals surface area contributed by atoms with E-state index in [2.05, 4.69) is 19.7 Å². The smallest absolute Gasteiger partial charge is 0.259 e. The number of carbonyl (C=O) groups is 1. The van der Waals surface area contributed by atoms with Crippen LogP contribution in [-0.4, -0.2) is 57.9 Å². The van der Waals surface area contributed by atoms with Crippen molar-refractivity contribution in [2.45, 2.75) is 50.5 Å². The van der Waals surface area contributed by atoms with E-state index >= 15 is 0 Å².